The minimum Gasteiger partial charge on any atom is -0.359 e. The third-order valence-corrected chi connectivity index (χ3v) is 7.48. The molecule has 0 radical (unpaired) electrons. The Hall–Kier alpha value is -3.73. The Labute approximate surface area is 222 Å². The highest BCUT2D eigenvalue weighted by Crippen LogP contribution is 2.35. The van der Waals surface area contributed by atoms with Gasteiger partial charge in [0.25, 0.3) is 5.91 Å². The number of likely N-dealkylation sites (tertiary alicyclic amines) is 1. The van der Waals surface area contributed by atoms with Gasteiger partial charge in [-0.15, -0.1) is 11.3 Å². The smallest absolute Gasteiger partial charge is 0.359 e. The second-order valence-electron chi connectivity index (χ2n) is 8.98. The largest absolute Gasteiger partial charge is 0.416 e. The van der Waals surface area contributed by atoms with E-state index in [2.05, 4.69) is 15.6 Å². The monoisotopic (exact) mass is 544 g/mol. The van der Waals surface area contributed by atoms with Crippen molar-refractivity contribution in [3.8, 4) is 11.1 Å². The summed E-state index contributed by atoms with van der Waals surface area (Å²) < 4.78 is 39.6. The molecule has 1 fully saturated rings. The van der Waals surface area contributed by atoms with Gasteiger partial charge in [0, 0.05) is 55.5 Å². The number of hydrogen-bond donors (Lipinski definition) is 2. The lowest BCUT2D eigenvalue weighted by molar-refractivity contribution is -0.137. The molecule has 2 N–H and O–H groups in total. The highest BCUT2D eigenvalue weighted by Gasteiger charge is 2.31. The second-order valence-corrected chi connectivity index (χ2v) is 9.87. The van der Waals surface area contributed by atoms with Crippen molar-refractivity contribution < 1.29 is 27.6 Å². The number of halogens is 3. The predicted octanol–water partition coefficient (Wildman–Crippen LogP) is 5.31. The Balaban J connectivity index is 1.39. The first-order valence-corrected chi connectivity index (χ1v) is 13.1. The number of benzene rings is 2. The van der Waals surface area contributed by atoms with Gasteiger partial charge in [-0.05, 0) is 36.6 Å². The van der Waals surface area contributed by atoms with Crippen LogP contribution in [0.2, 0.25) is 0 Å². The van der Waals surface area contributed by atoms with Gasteiger partial charge in [-0.25, -0.2) is 4.98 Å². The number of anilines is 1. The van der Waals surface area contributed by atoms with Crippen molar-refractivity contribution in [3.63, 3.8) is 0 Å². The fraction of sp³-hybridized carbons (Fsp3) is 0.333. The van der Waals surface area contributed by atoms with Crippen molar-refractivity contribution in [3.05, 3.63) is 70.2 Å². The number of thiazole rings is 1. The molecule has 0 saturated carbocycles. The van der Waals surface area contributed by atoms with Gasteiger partial charge >= 0.3 is 6.18 Å². The Bertz CT molecular complexity index is 1320. The van der Waals surface area contributed by atoms with Crippen molar-refractivity contribution in [2.45, 2.75) is 37.8 Å². The molecule has 11 heteroatoms. The molecule has 3 amide bonds. The van der Waals surface area contributed by atoms with E-state index in [0.29, 0.717) is 42.7 Å². The summed E-state index contributed by atoms with van der Waals surface area (Å²) in [4.78, 5) is 43.0. The van der Waals surface area contributed by atoms with Crippen molar-refractivity contribution in [2.75, 3.05) is 25.5 Å². The maximum Gasteiger partial charge on any atom is 0.416 e. The van der Waals surface area contributed by atoms with E-state index in [4.69, 9.17) is 0 Å². The van der Waals surface area contributed by atoms with Gasteiger partial charge in [0.05, 0.1) is 10.6 Å². The first-order valence-electron chi connectivity index (χ1n) is 12.2. The lowest BCUT2D eigenvalue weighted by Gasteiger charge is -2.31. The summed E-state index contributed by atoms with van der Waals surface area (Å²) in [6.45, 7) is 1.12. The van der Waals surface area contributed by atoms with Crippen LogP contribution in [0, 0.1) is 0 Å². The molecule has 1 aliphatic rings. The minimum atomic E-state index is -4.47. The molecule has 1 aliphatic heterocycles. The lowest BCUT2D eigenvalue weighted by atomic mass is 9.97. The van der Waals surface area contributed by atoms with E-state index in [9.17, 15) is 27.6 Å². The third-order valence-electron chi connectivity index (χ3n) is 6.47. The Morgan fingerprint density at radius 2 is 1.79 bits per heavy atom. The molecule has 0 spiro atoms. The summed E-state index contributed by atoms with van der Waals surface area (Å²) in [5.41, 5.74) is 0.657. The normalized spacial score (nSPS) is 14.3. The molecule has 7 nitrogen and oxygen atoms in total. The topological polar surface area (TPSA) is 91.4 Å². The highest BCUT2D eigenvalue weighted by molar-refractivity contribution is 7.10. The predicted molar refractivity (Wildman–Crippen MR) is 139 cm³/mol. The van der Waals surface area contributed by atoms with Crippen LogP contribution >= 0.6 is 11.3 Å². The van der Waals surface area contributed by atoms with Gasteiger partial charge in [0.15, 0.2) is 0 Å². The SMILES string of the molecule is CNC(=O)CCC(=O)N1CCC(c2nc(C(=O)Nc3ccccc3-c3cccc(C(F)(F)F)c3)cs2)CC1. The number of carbonyl (C=O) groups is 3. The average molecular weight is 545 g/mol. The average Bonchev–Trinajstić information content (AvgIpc) is 3.42. The van der Waals surface area contributed by atoms with Gasteiger partial charge in [-0.2, -0.15) is 13.2 Å². The molecule has 0 atom stereocenters. The highest BCUT2D eigenvalue weighted by atomic mass is 32.1. The molecule has 1 aromatic heterocycles. The molecule has 200 valence electrons. The fourth-order valence-electron chi connectivity index (χ4n) is 4.35. The number of alkyl halides is 3. The van der Waals surface area contributed by atoms with E-state index in [1.807, 2.05) is 0 Å². The molecular formula is C27H27F3N4O3S. The zero-order valence-corrected chi connectivity index (χ0v) is 21.5. The summed E-state index contributed by atoms with van der Waals surface area (Å²) in [5, 5.41) is 7.76. The van der Waals surface area contributed by atoms with E-state index in [0.717, 1.165) is 17.1 Å². The summed E-state index contributed by atoms with van der Waals surface area (Å²) in [6, 6.07) is 11.7. The van der Waals surface area contributed by atoms with Gasteiger partial charge in [-0.3, -0.25) is 14.4 Å². The van der Waals surface area contributed by atoms with Crippen LogP contribution in [-0.2, 0) is 15.8 Å². The fourth-order valence-corrected chi connectivity index (χ4v) is 5.32. The second kappa shape index (κ2) is 11.8. The summed E-state index contributed by atoms with van der Waals surface area (Å²) in [5.74, 6) is -0.555. The zero-order chi connectivity index (χ0) is 27.3. The van der Waals surface area contributed by atoms with Crippen LogP contribution in [0.3, 0.4) is 0 Å². The van der Waals surface area contributed by atoms with Crippen LogP contribution in [0.5, 0.6) is 0 Å². The number of piperidine rings is 1. The molecule has 0 aliphatic carbocycles. The first kappa shape index (κ1) is 27.3. The molecule has 4 rings (SSSR count). The number of aromatic nitrogens is 1. The Morgan fingerprint density at radius 1 is 1.05 bits per heavy atom. The van der Waals surface area contributed by atoms with Crippen LogP contribution in [-0.4, -0.2) is 47.7 Å². The number of amides is 3. The summed E-state index contributed by atoms with van der Waals surface area (Å²) >= 11 is 1.37. The third kappa shape index (κ3) is 6.58. The number of carbonyl (C=O) groups excluding carboxylic acids is 3. The number of para-hydroxylation sites is 1. The molecule has 3 aromatic rings. The van der Waals surface area contributed by atoms with Crippen LogP contribution < -0.4 is 10.6 Å². The quantitative estimate of drug-likeness (QED) is 0.422. The van der Waals surface area contributed by atoms with Crippen molar-refractivity contribution in [2.24, 2.45) is 0 Å². The standard InChI is InChI=1S/C27H27F3N4O3S/c1-31-23(35)9-10-24(36)34-13-11-17(12-14-34)26-33-22(16-38-26)25(37)32-21-8-3-2-7-20(21)18-5-4-6-19(15-18)27(28,29)30/h2-8,15-17H,9-14H2,1H3,(H,31,35)(H,32,37). The summed E-state index contributed by atoms with van der Waals surface area (Å²) in [7, 11) is 1.54. The number of nitrogens with one attached hydrogen (secondary N) is 2. The van der Waals surface area contributed by atoms with E-state index >= 15 is 0 Å². The van der Waals surface area contributed by atoms with Crippen molar-refractivity contribution in [1.82, 2.24) is 15.2 Å². The van der Waals surface area contributed by atoms with E-state index < -0.39 is 17.6 Å². The minimum absolute atomic E-state index is 0.0503. The molecule has 2 heterocycles. The maximum atomic E-state index is 13.2. The van der Waals surface area contributed by atoms with Crippen molar-refractivity contribution in [1.29, 1.82) is 0 Å². The molecule has 2 aromatic carbocycles. The van der Waals surface area contributed by atoms with Crippen LogP contribution in [0.4, 0.5) is 18.9 Å². The van der Waals surface area contributed by atoms with Crippen LogP contribution in [0.15, 0.2) is 53.9 Å². The van der Waals surface area contributed by atoms with E-state index in [-0.39, 0.29) is 36.3 Å². The molecule has 0 unspecified atom stereocenters. The maximum absolute atomic E-state index is 13.2. The van der Waals surface area contributed by atoms with E-state index in [1.54, 1.807) is 40.6 Å². The van der Waals surface area contributed by atoms with Gasteiger partial charge < -0.3 is 15.5 Å². The van der Waals surface area contributed by atoms with Gasteiger partial charge in [-0.1, -0.05) is 30.3 Å². The number of nitrogens with zero attached hydrogens (tertiary/aromatic N) is 2. The summed E-state index contributed by atoms with van der Waals surface area (Å²) in [6.07, 6.45) is -2.72. The zero-order valence-electron chi connectivity index (χ0n) is 20.7. The van der Waals surface area contributed by atoms with E-state index in [1.165, 1.54) is 24.5 Å². The van der Waals surface area contributed by atoms with Crippen LogP contribution in [0.1, 0.15) is 52.7 Å². The molecule has 1 saturated heterocycles. The Kier molecular flexibility index (Phi) is 8.45. The first-order chi connectivity index (χ1) is 18.2. The molecule has 0 bridgehead atoms. The number of rotatable bonds is 7. The molecule has 38 heavy (non-hydrogen) atoms. The van der Waals surface area contributed by atoms with Crippen molar-refractivity contribution >= 4 is 34.7 Å². The van der Waals surface area contributed by atoms with Gasteiger partial charge in [0.1, 0.15) is 5.69 Å². The van der Waals surface area contributed by atoms with Gasteiger partial charge in [0.2, 0.25) is 11.8 Å². The number of hydrogen-bond acceptors (Lipinski definition) is 5. The van der Waals surface area contributed by atoms with Crippen LogP contribution in [0.25, 0.3) is 11.1 Å². The Morgan fingerprint density at radius 3 is 2.50 bits per heavy atom. The molecular weight excluding hydrogens is 517 g/mol. The lowest BCUT2D eigenvalue weighted by Crippen LogP contribution is -2.38.